The third kappa shape index (κ3) is 7.52. The van der Waals surface area contributed by atoms with E-state index in [2.05, 4.69) is 64.3 Å². The van der Waals surface area contributed by atoms with Gasteiger partial charge in [0.15, 0.2) is 11.0 Å². The van der Waals surface area contributed by atoms with E-state index in [-0.39, 0.29) is 54.1 Å². The van der Waals surface area contributed by atoms with Crippen LogP contribution in [0, 0.1) is 0 Å². The number of ether oxygens (including phenoxy) is 2. The van der Waals surface area contributed by atoms with Crippen LogP contribution in [0.1, 0.15) is 24.0 Å². The van der Waals surface area contributed by atoms with Crippen molar-refractivity contribution in [1.82, 2.24) is 30.6 Å². The molecule has 2 unspecified atom stereocenters. The van der Waals surface area contributed by atoms with Gasteiger partial charge in [0, 0.05) is 43.1 Å². The third-order valence-electron chi connectivity index (χ3n) is 6.78. The van der Waals surface area contributed by atoms with Gasteiger partial charge in [-0.25, -0.2) is 19.6 Å². The van der Waals surface area contributed by atoms with Gasteiger partial charge in [0.25, 0.3) is 0 Å². The number of carbonyl (C=O) groups excluding carboxylic acids is 4. The maximum Gasteiger partial charge on any atom is 0.406 e. The Balaban J connectivity index is 1.20. The van der Waals surface area contributed by atoms with Crippen LogP contribution in [-0.4, -0.2) is 70.5 Å². The first-order valence-electron chi connectivity index (χ1n) is 13.4. The summed E-state index contributed by atoms with van der Waals surface area (Å²) < 4.78 is 9.02. The summed E-state index contributed by atoms with van der Waals surface area (Å²) in [6, 6.07) is 12.6. The molecule has 12 nitrogen and oxygen atoms in total. The standard InChI is InChI=1S/C29H30N6O6P2/c1-40-28(38)30-9-7-24(36)42-26-32-14-22(34-26)16-3-5-20-18(11-16)13-19-12-17(4-6-21(19)20)23-15-33-27(35-23)43-25(37)8-10-31-29(39)41-2/h3-6,11-12,14-15,42-43H,7-10,13H2,1-2H3,(H,30,38)(H,31,39)(H,32,34)(H,33,35). The second-order valence-electron chi connectivity index (χ2n) is 9.64. The van der Waals surface area contributed by atoms with Crippen LogP contribution in [0.2, 0.25) is 0 Å². The number of aromatic nitrogens is 4. The number of methoxy groups -OCH3 is 2. The number of carbonyl (C=O) groups is 4. The number of rotatable bonds is 12. The summed E-state index contributed by atoms with van der Waals surface area (Å²) in [5, 5.41) is 5.01. The summed E-state index contributed by atoms with van der Waals surface area (Å²) in [6.45, 7) is 0.441. The van der Waals surface area contributed by atoms with Gasteiger partial charge in [-0.2, -0.15) is 0 Å². The molecule has 2 atom stereocenters. The summed E-state index contributed by atoms with van der Waals surface area (Å²) in [5.41, 5.74) is 9.59. The lowest BCUT2D eigenvalue weighted by Gasteiger charge is -2.05. The molecule has 2 aromatic carbocycles. The first-order valence-corrected chi connectivity index (χ1v) is 15.4. The van der Waals surface area contributed by atoms with Gasteiger partial charge in [-0.15, -0.1) is 0 Å². The zero-order valence-corrected chi connectivity index (χ0v) is 25.5. The molecule has 0 aliphatic heterocycles. The molecule has 1 aliphatic rings. The van der Waals surface area contributed by atoms with Crippen molar-refractivity contribution in [3.8, 4) is 33.6 Å². The molecule has 0 bridgehead atoms. The van der Waals surface area contributed by atoms with E-state index in [0.717, 1.165) is 28.9 Å². The highest BCUT2D eigenvalue weighted by atomic mass is 31.1. The molecule has 14 heteroatoms. The fourth-order valence-corrected chi connectivity index (χ4v) is 6.38. The fourth-order valence-electron chi connectivity index (χ4n) is 4.70. The lowest BCUT2D eigenvalue weighted by molar-refractivity contribution is -0.111. The van der Waals surface area contributed by atoms with Gasteiger partial charge in [-0.3, -0.25) is 9.59 Å². The van der Waals surface area contributed by atoms with Crippen molar-refractivity contribution in [2.45, 2.75) is 19.3 Å². The van der Waals surface area contributed by atoms with Gasteiger partial charge in [-0.05, 0) is 51.9 Å². The predicted octanol–water partition coefficient (Wildman–Crippen LogP) is 3.19. The van der Waals surface area contributed by atoms with Crippen molar-refractivity contribution < 1.29 is 28.7 Å². The molecule has 1 aliphatic carbocycles. The minimum Gasteiger partial charge on any atom is -0.453 e. The summed E-state index contributed by atoms with van der Waals surface area (Å²) >= 11 is 0. The zero-order valence-electron chi connectivity index (χ0n) is 23.5. The van der Waals surface area contributed by atoms with Crippen LogP contribution in [0.5, 0.6) is 0 Å². The van der Waals surface area contributed by atoms with Gasteiger partial charge < -0.3 is 30.1 Å². The molecule has 2 amide bonds. The zero-order chi connectivity index (χ0) is 30.3. The molecular formula is C29H30N6O6P2. The fraction of sp³-hybridized carbons (Fsp3) is 0.241. The molecule has 222 valence electrons. The number of benzene rings is 2. The Kier molecular flexibility index (Phi) is 9.59. The smallest absolute Gasteiger partial charge is 0.406 e. The maximum absolute atomic E-state index is 12.3. The Morgan fingerprint density at radius 2 is 1.19 bits per heavy atom. The molecule has 4 N–H and O–H groups in total. The van der Waals surface area contributed by atoms with Crippen molar-refractivity contribution in [3.05, 3.63) is 59.9 Å². The van der Waals surface area contributed by atoms with Gasteiger partial charge in [-0.1, -0.05) is 24.3 Å². The average Bonchev–Trinajstić information content (AvgIpc) is 3.75. The molecule has 0 fully saturated rings. The van der Waals surface area contributed by atoms with Gasteiger partial charge in [0.1, 0.15) is 11.1 Å². The van der Waals surface area contributed by atoms with Crippen LogP contribution in [0.15, 0.2) is 48.8 Å². The Morgan fingerprint density at radius 1 is 0.744 bits per heavy atom. The van der Waals surface area contributed by atoms with E-state index in [4.69, 9.17) is 0 Å². The SMILES string of the molecule is COC(=O)NCCC(=O)Pc1ncc(-c2ccc3c(c2)Cc2cc(-c4cnc(PC(=O)CCNC(=O)OC)[nH]4)ccc2-3)[nH]1. The van der Waals surface area contributed by atoms with E-state index in [1.54, 1.807) is 12.4 Å². The molecule has 5 rings (SSSR count). The van der Waals surface area contributed by atoms with Crippen molar-refractivity contribution in [3.63, 3.8) is 0 Å². The average molecular weight is 621 g/mol. The highest BCUT2D eigenvalue weighted by Gasteiger charge is 2.21. The number of alkyl carbamates (subject to hydrolysis) is 2. The van der Waals surface area contributed by atoms with Crippen LogP contribution in [0.3, 0.4) is 0 Å². The monoisotopic (exact) mass is 620 g/mol. The van der Waals surface area contributed by atoms with Crippen LogP contribution < -0.4 is 21.8 Å². The van der Waals surface area contributed by atoms with Crippen molar-refractivity contribution >= 4 is 51.5 Å². The quantitative estimate of drug-likeness (QED) is 0.154. The number of nitrogens with one attached hydrogen (secondary N) is 4. The number of nitrogens with zero attached hydrogens (tertiary/aromatic N) is 2. The Morgan fingerprint density at radius 3 is 1.60 bits per heavy atom. The van der Waals surface area contributed by atoms with Crippen LogP contribution in [-0.2, 0) is 25.5 Å². The normalized spacial score (nSPS) is 12.0. The number of hydrogen-bond acceptors (Lipinski definition) is 8. The van der Waals surface area contributed by atoms with Crippen molar-refractivity contribution in [2.24, 2.45) is 0 Å². The highest BCUT2D eigenvalue weighted by Crippen LogP contribution is 2.40. The minimum absolute atomic E-state index is 0.0121. The molecule has 43 heavy (non-hydrogen) atoms. The number of fused-ring (bicyclic) bond motifs is 3. The largest absolute Gasteiger partial charge is 0.453 e. The van der Waals surface area contributed by atoms with Crippen molar-refractivity contribution in [1.29, 1.82) is 0 Å². The molecule has 0 spiro atoms. The number of amides is 2. The van der Waals surface area contributed by atoms with Crippen LogP contribution >= 0.6 is 17.2 Å². The second kappa shape index (κ2) is 13.7. The van der Waals surface area contributed by atoms with E-state index < -0.39 is 12.2 Å². The number of imidazole rings is 2. The number of hydrogen-bond donors (Lipinski definition) is 4. The highest BCUT2D eigenvalue weighted by molar-refractivity contribution is 7.65. The van der Waals surface area contributed by atoms with E-state index in [0.29, 0.717) is 11.1 Å². The molecular weight excluding hydrogens is 590 g/mol. The Bertz CT molecular complexity index is 1560. The Labute approximate surface area is 250 Å². The van der Waals surface area contributed by atoms with Gasteiger partial charge >= 0.3 is 12.2 Å². The third-order valence-corrected chi connectivity index (χ3v) is 8.82. The summed E-state index contributed by atoms with van der Waals surface area (Å²) in [5.74, 6) is 0. The van der Waals surface area contributed by atoms with E-state index in [1.165, 1.54) is 36.5 Å². The molecule has 4 aromatic rings. The van der Waals surface area contributed by atoms with Gasteiger partial charge in [0.05, 0.1) is 38.0 Å². The topological polar surface area (TPSA) is 168 Å². The number of H-pyrrole nitrogens is 2. The summed E-state index contributed by atoms with van der Waals surface area (Å²) in [4.78, 5) is 62.1. The second-order valence-corrected chi connectivity index (χ2v) is 12.2. The van der Waals surface area contributed by atoms with Crippen LogP contribution in [0.4, 0.5) is 9.59 Å². The lowest BCUT2D eigenvalue weighted by Crippen LogP contribution is -2.25. The summed E-state index contributed by atoms with van der Waals surface area (Å²) in [7, 11) is 2.29. The van der Waals surface area contributed by atoms with E-state index >= 15 is 0 Å². The molecule has 0 radical (unpaired) electrons. The van der Waals surface area contributed by atoms with E-state index in [9.17, 15) is 19.2 Å². The van der Waals surface area contributed by atoms with Crippen molar-refractivity contribution in [2.75, 3.05) is 27.3 Å². The number of aromatic amines is 2. The Hall–Kier alpha value is -4.40. The van der Waals surface area contributed by atoms with Crippen LogP contribution in [0.25, 0.3) is 33.6 Å². The maximum atomic E-state index is 12.3. The van der Waals surface area contributed by atoms with E-state index in [1.807, 2.05) is 12.1 Å². The lowest BCUT2D eigenvalue weighted by atomic mass is 10.0. The summed E-state index contributed by atoms with van der Waals surface area (Å²) in [6.07, 6.45) is 3.54. The predicted molar refractivity (Wildman–Crippen MR) is 166 cm³/mol. The molecule has 2 heterocycles. The molecule has 0 saturated heterocycles. The minimum atomic E-state index is -0.560. The molecule has 2 aromatic heterocycles. The first kappa shape index (κ1) is 30.1. The first-order chi connectivity index (χ1) is 20.8. The van der Waals surface area contributed by atoms with Gasteiger partial charge in [0.2, 0.25) is 0 Å². The molecule has 0 saturated carbocycles.